The second kappa shape index (κ2) is 8.47. The molecule has 1 aliphatic rings. The van der Waals surface area contributed by atoms with Crippen LogP contribution in [0.1, 0.15) is 39.0 Å². The molecule has 2 rings (SSSR count). The summed E-state index contributed by atoms with van der Waals surface area (Å²) in [5, 5.41) is 2.99. The molecule has 1 aromatic rings. The van der Waals surface area contributed by atoms with Crippen LogP contribution in [-0.2, 0) is 4.79 Å². The van der Waals surface area contributed by atoms with Crippen LogP contribution in [0.4, 0.5) is 0 Å². The van der Waals surface area contributed by atoms with Gasteiger partial charge in [0.05, 0.1) is 7.11 Å². The number of rotatable bonds is 7. The summed E-state index contributed by atoms with van der Waals surface area (Å²) in [6.07, 6.45) is 7.09. The zero-order valence-electron chi connectivity index (χ0n) is 13.4. The van der Waals surface area contributed by atoms with Crippen LogP contribution < -0.4 is 14.8 Å². The summed E-state index contributed by atoms with van der Waals surface area (Å²) in [5.74, 6) is 1.31. The van der Waals surface area contributed by atoms with Gasteiger partial charge in [0.25, 0.3) is 5.91 Å². The van der Waals surface area contributed by atoms with E-state index in [1.54, 1.807) is 13.2 Å². The van der Waals surface area contributed by atoms with Gasteiger partial charge in [-0.3, -0.25) is 4.79 Å². The van der Waals surface area contributed by atoms with Gasteiger partial charge in [0, 0.05) is 12.6 Å². The lowest BCUT2D eigenvalue weighted by Crippen LogP contribution is -2.39. The average molecular weight is 303 g/mol. The van der Waals surface area contributed by atoms with Crippen LogP contribution in [0, 0.1) is 0 Å². The fraction of sp³-hybridized carbons (Fsp3) is 0.500. The van der Waals surface area contributed by atoms with E-state index in [2.05, 4.69) is 11.4 Å². The normalized spacial score (nSPS) is 15.6. The molecule has 120 valence electrons. The van der Waals surface area contributed by atoms with E-state index in [9.17, 15) is 4.79 Å². The summed E-state index contributed by atoms with van der Waals surface area (Å²) in [6, 6.07) is 7.33. The Bertz CT molecular complexity index is 525. The smallest absolute Gasteiger partial charge is 0.261 e. The molecule has 0 saturated heterocycles. The molecule has 0 saturated carbocycles. The number of hydrogen-bond donors (Lipinski definition) is 1. The second-order valence-electron chi connectivity index (χ2n) is 5.52. The predicted molar refractivity (Wildman–Crippen MR) is 87.3 cm³/mol. The first kappa shape index (κ1) is 16.4. The lowest BCUT2D eigenvalue weighted by Gasteiger charge is -2.19. The molecule has 4 heteroatoms. The summed E-state index contributed by atoms with van der Waals surface area (Å²) in [4.78, 5) is 12.3. The number of amides is 1. The topological polar surface area (TPSA) is 47.6 Å². The Morgan fingerprint density at radius 2 is 2.14 bits per heavy atom. The maximum Gasteiger partial charge on any atom is 0.261 e. The van der Waals surface area contributed by atoms with Gasteiger partial charge >= 0.3 is 0 Å². The monoisotopic (exact) mass is 303 g/mol. The summed E-state index contributed by atoms with van der Waals surface area (Å²) < 4.78 is 11.0. The largest absolute Gasteiger partial charge is 0.497 e. The third-order valence-electron chi connectivity index (χ3n) is 3.86. The lowest BCUT2D eigenvalue weighted by atomic mass is 10.00. The number of benzene rings is 1. The molecule has 22 heavy (non-hydrogen) atoms. The first-order chi connectivity index (χ1) is 10.7. The van der Waals surface area contributed by atoms with E-state index < -0.39 is 6.10 Å². The van der Waals surface area contributed by atoms with Crippen molar-refractivity contribution in [3.05, 3.63) is 35.9 Å². The van der Waals surface area contributed by atoms with E-state index in [1.807, 2.05) is 25.1 Å². The standard InChI is InChI=1S/C18H25NO3/c1-3-17(22-16-11-7-10-15(12-16)21-2)18(20)19-13-14-8-5-4-6-9-14/h7-8,10-12,17H,3-6,9,13H2,1-2H3,(H,19,20)/t17-/m0/s1. The summed E-state index contributed by atoms with van der Waals surface area (Å²) >= 11 is 0. The minimum absolute atomic E-state index is 0.0585. The Morgan fingerprint density at radius 3 is 2.82 bits per heavy atom. The first-order valence-electron chi connectivity index (χ1n) is 7.99. The molecule has 0 aliphatic heterocycles. The van der Waals surface area contributed by atoms with Crippen molar-refractivity contribution < 1.29 is 14.3 Å². The van der Waals surface area contributed by atoms with Crippen molar-refractivity contribution in [1.29, 1.82) is 0 Å². The van der Waals surface area contributed by atoms with Crippen molar-refractivity contribution in [2.45, 2.75) is 45.1 Å². The molecule has 0 heterocycles. The predicted octanol–water partition coefficient (Wildman–Crippen LogP) is 3.47. The lowest BCUT2D eigenvalue weighted by molar-refractivity contribution is -0.127. The molecule has 0 radical (unpaired) electrons. The molecule has 1 aromatic carbocycles. The van der Waals surface area contributed by atoms with Gasteiger partial charge in [0.2, 0.25) is 0 Å². The summed E-state index contributed by atoms with van der Waals surface area (Å²) in [7, 11) is 1.61. The highest BCUT2D eigenvalue weighted by Crippen LogP contribution is 2.21. The third kappa shape index (κ3) is 4.79. The van der Waals surface area contributed by atoms with Gasteiger partial charge in [-0.15, -0.1) is 0 Å². The molecule has 1 atom stereocenters. The molecule has 1 N–H and O–H groups in total. The van der Waals surface area contributed by atoms with Gasteiger partial charge in [-0.25, -0.2) is 0 Å². The van der Waals surface area contributed by atoms with Gasteiger partial charge in [0.15, 0.2) is 6.10 Å². The van der Waals surface area contributed by atoms with Gasteiger partial charge in [-0.05, 0) is 44.2 Å². The zero-order valence-corrected chi connectivity index (χ0v) is 13.4. The number of hydrogen-bond acceptors (Lipinski definition) is 3. The van der Waals surface area contributed by atoms with Gasteiger partial charge in [-0.1, -0.05) is 24.6 Å². The van der Waals surface area contributed by atoms with Gasteiger partial charge < -0.3 is 14.8 Å². The highest BCUT2D eigenvalue weighted by atomic mass is 16.5. The first-order valence-corrected chi connectivity index (χ1v) is 7.99. The van der Waals surface area contributed by atoms with Crippen LogP contribution in [0.5, 0.6) is 11.5 Å². The fourth-order valence-electron chi connectivity index (χ4n) is 2.54. The van der Waals surface area contributed by atoms with Crippen molar-refractivity contribution in [1.82, 2.24) is 5.32 Å². The molecular formula is C18H25NO3. The molecule has 0 aromatic heterocycles. The van der Waals surface area contributed by atoms with Crippen molar-refractivity contribution in [2.24, 2.45) is 0 Å². The molecule has 0 bridgehead atoms. The van der Waals surface area contributed by atoms with Gasteiger partial charge in [-0.2, -0.15) is 0 Å². The Morgan fingerprint density at radius 1 is 1.32 bits per heavy atom. The van der Waals surface area contributed by atoms with Crippen LogP contribution in [0.3, 0.4) is 0 Å². The number of carbonyl (C=O) groups is 1. The van der Waals surface area contributed by atoms with Crippen LogP contribution in [0.15, 0.2) is 35.9 Å². The number of ether oxygens (including phenoxy) is 2. The number of allylic oxidation sites excluding steroid dienone is 1. The third-order valence-corrected chi connectivity index (χ3v) is 3.86. The van der Waals surface area contributed by atoms with Crippen molar-refractivity contribution >= 4 is 5.91 Å². The maximum atomic E-state index is 12.3. The molecule has 0 unspecified atom stereocenters. The minimum Gasteiger partial charge on any atom is -0.497 e. The average Bonchev–Trinajstić information content (AvgIpc) is 2.58. The van der Waals surface area contributed by atoms with E-state index in [1.165, 1.54) is 18.4 Å². The fourth-order valence-corrected chi connectivity index (χ4v) is 2.54. The van der Waals surface area contributed by atoms with Crippen LogP contribution >= 0.6 is 0 Å². The SMILES string of the molecule is CC[C@H](Oc1cccc(OC)c1)C(=O)NCC1=CCCCC1. The molecule has 1 amide bonds. The number of carbonyl (C=O) groups excluding carboxylic acids is 1. The number of methoxy groups -OCH3 is 1. The molecular weight excluding hydrogens is 278 g/mol. The van der Waals surface area contributed by atoms with Gasteiger partial charge in [0.1, 0.15) is 11.5 Å². The van der Waals surface area contributed by atoms with Crippen LogP contribution in [-0.4, -0.2) is 25.7 Å². The maximum absolute atomic E-state index is 12.3. The Labute approximate surface area is 132 Å². The van der Waals surface area contributed by atoms with E-state index in [4.69, 9.17) is 9.47 Å². The summed E-state index contributed by atoms with van der Waals surface area (Å²) in [6.45, 7) is 2.58. The zero-order chi connectivity index (χ0) is 15.8. The molecule has 4 nitrogen and oxygen atoms in total. The van der Waals surface area contributed by atoms with Crippen LogP contribution in [0.25, 0.3) is 0 Å². The van der Waals surface area contributed by atoms with Crippen molar-refractivity contribution in [2.75, 3.05) is 13.7 Å². The van der Waals surface area contributed by atoms with E-state index in [0.717, 1.165) is 18.6 Å². The Balaban J connectivity index is 1.89. The molecule has 0 fully saturated rings. The van der Waals surface area contributed by atoms with E-state index in [0.29, 0.717) is 18.7 Å². The van der Waals surface area contributed by atoms with Crippen molar-refractivity contribution in [3.8, 4) is 11.5 Å². The molecule has 1 aliphatic carbocycles. The molecule has 0 spiro atoms. The Kier molecular flexibility index (Phi) is 6.31. The highest BCUT2D eigenvalue weighted by Gasteiger charge is 2.18. The van der Waals surface area contributed by atoms with E-state index >= 15 is 0 Å². The van der Waals surface area contributed by atoms with E-state index in [-0.39, 0.29) is 5.91 Å². The van der Waals surface area contributed by atoms with Crippen molar-refractivity contribution in [3.63, 3.8) is 0 Å². The highest BCUT2D eigenvalue weighted by molar-refractivity contribution is 5.81. The second-order valence-corrected chi connectivity index (χ2v) is 5.52. The minimum atomic E-state index is -0.476. The quantitative estimate of drug-likeness (QED) is 0.785. The summed E-state index contributed by atoms with van der Waals surface area (Å²) in [5.41, 5.74) is 1.33. The van der Waals surface area contributed by atoms with Crippen LogP contribution in [0.2, 0.25) is 0 Å². The Hall–Kier alpha value is -1.97. The number of nitrogens with one attached hydrogen (secondary N) is 1.